The molecular weight excluding hydrogens is 428 g/mol. The highest BCUT2D eigenvalue weighted by atomic mass is 35.5. The minimum atomic E-state index is -3.16. The van der Waals surface area contributed by atoms with Gasteiger partial charge in [0.05, 0.1) is 28.0 Å². The molecule has 1 unspecified atom stereocenters. The van der Waals surface area contributed by atoms with Gasteiger partial charge in [0.25, 0.3) is 11.6 Å². The molecule has 0 bridgehead atoms. The van der Waals surface area contributed by atoms with E-state index in [-0.39, 0.29) is 40.5 Å². The highest BCUT2D eigenvalue weighted by molar-refractivity contribution is 7.91. The zero-order valence-corrected chi connectivity index (χ0v) is 17.0. The van der Waals surface area contributed by atoms with Crippen molar-refractivity contribution in [1.29, 1.82) is 0 Å². The first kappa shape index (κ1) is 20.6. The molecule has 0 radical (unpaired) electrons. The van der Waals surface area contributed by atoms with Crippen molar-refractivity contribution in [2.75, 3.05) is 18.1 Å². The van der Waals surface area contributed by atoms with E-state index in [0.717, 1.165) is 10.9 Å². The van der Waals surface area contributed by atoms with E-state index >= 15 is 0 Å². The van der Waals surface area contributed by atoms with Crippen molar-refractivity contribution in [3.63, 3.8) is 0 Å². The predicted molar refractivity (Wildman–Crippen MR) is 106 cm³/mol. The number of nitro groups is 1. The first-order chi connectivity index (χ1) is 13.2. The Morgan fingerprint density at radius 1 is 1.39 bits per heavy atom. The fraction of sp³-hybridized carbons (Fsp3) is 0.353. The lowest BCUT2D eigenvalue weighted by Gasteiger charge is -2.28. The van der Waals surface area contributed by atoms with Crippen LogP contribution < -0.4 is 4.74 Å². The Kier molecular flexibility index (Phi) is 6.21. The molecule has 1 fully saturated rings. The van der Waals surface area contributed by atoms with Crippen LogP contribution in [0.5, 0.6) is 5.75 Å². The van der Waals surface area contributed by atoms with Crippen molar-refractivity contribution in [1.82, 2.24) is 4.90 Å². The molecule has 0 saturated carbocycles. The predicted octanol–water partition coefficient (Wildman–Crippen LogP) is 2.90. The largest absolute Gasteiger partial charge is 0.482 e. The molecule has 8 nitrogen and oxygen atoms in total. The smallest absolute Gasteiger partial charge is 0.271 e. The third kappa shape index (κ3) is 5.00. The van der Waals surface area contributed by atoms with Gasteiger partial charge in [-0.2, -0.15) is 0 Å². The average molecular weight is 445 g/mol. The lowest BCUT2D eigenvalue weighted by atomic mass is 10.2. The lowest BCUT2D eigenvalue weighted by Crippen LogP contribution is -2.42. The molecule has 0 N–H and O–H groups in total. The van der Waals surface area contributed by atoms with Gasteiger partial charge in [-0.05, 0) is 23.9 Å². The minimum Gasteiger partial charge on any atom is -0.482 e. The van der Waals surface area contributed by atoms with Gasteiger partial charge in [-0.25, -0.2) is 8.42 Å². The fourth-order valence-electron chi connectivity index (χ4n) is 2.96. The van der Waals surface area contributed by atoms with Crippen molar-refractivity contribution >= 4 is 44.4 Å². The van der Waals surface area contributed by atoms with Gasteiger partial charge < -0.3 is 9.64 Å². The number of carbonyl (C=O) groups excluding carboxylic acids is 1. The van der Waals surface area contributed by atoms with Crippen molar-refractivity contribution in [3.05, 3.63) is 55.7 Å². The number of carbonyl (C=O) groups is 1. The van der Waals surface area contributed by atoms with Gasteiger partial charge in [0, 0.05) is 23.1 Å². The van der Waals surface area contributed by atoms with Gasteiger partial charge in [0.15, 0.2) is 16.4 Å². The molecule has 1 amide bonds. The van der Waals surface area contributed by atoms with E-state index in [9.17, 15) is 23.3 Å². The molecule has 1 aliphatic rings. The molecule has 3 rings (SSSR count). The summed E-state index contributed by atoms with van der Waals surface area (Å²) in [7, 11) is -3.16. The molecule has 1 aromatic heterocycles. The van der Waals surface area contributed by atoms with Gasteiger partial charge in [-0.15, -0.1) is 11.3 Å². The van der Waals surface area contributed by atoms with E-state index in [2.05, 4.69) is 0 Å². The number of non-ortho nitro benzene ring substituents is 1. The zero-order chi connectivity index (χ0) is 20.3. The number of sulfone groups is 1. The van der Waals surface area contributed by atoms with Crippen molar-refractivity contribution in [2.45, 2.75) is 19.0 Å². The SMILES string of the molecule is O=C(COc1ccc([N+](=O)[O-])cc1Cl)N(Cc1cccs1)C1CCS(=O)(=O)C1. The van der Waals surface area contributed by atoms with Crippen molar-refractivity contribution < 1.29 is 22.9 Å². The number of nitrogens with zero attached hydrogens (tertiary/aromatic N) is 2. The van der Waals surface area contributed by atoms with Crippen LogP contribution in [0.25, 0.3) is 0 Å². The van der Waals surface area contributed by atoms with E-state index in [4.69, 9.17) is 16.3 Å². The second-order valence-electron chi connectivity index (χ2n) is 6.32. The second-order valence-corrected chi connectivity index (χ2v) is 9.99. The molecule has 11 heteroatoms. The van der Waals surface area contributed by atoms with E-state index < -0.39 is 20.8 Å². The van der Waals surface area contributed by atoms with Crippen LogP contribution in [0.15, 0.2) is 35.7 Å². The summed E-state index contributed by atoms with van der Waals surface area (Å²) in [6, 6.07) is 7.05. The van der Waals surface area contributed by atoms with Crippen LogP contribution in [-0.4, -0.2) is 48.3 Å². The Morgan fingerprint density at radius 3 is 2.75 bits per heavy atom. The minimum absolute atomic E-state index is 0.0234. The molecule has 1 aliphatic heterocycles. The van der Waals surface area contributed by atoms with E-state index in [1.54, 1.807) is 0 Å². The molecule has 0 aliphatic carbocycles. The molecule has 2 heterocycles. The number of halogens is 1. The summed E-state index contributed by atoms with van der Waals surface area (Å²) in [6.45, 7) is -0.0481. The summed E-state index contributed by atoms with van der Waals surface area (Å²) >= 11 is 7.46. The molecule has 2 aromatic rings. The number of amides is 1. The Hall–Kier alpha value is -2.17. The maximum absolute atomic E-state index is 12.8. The highest BCUT2D eigenvalue weighted by Crippen LogP contribution is 2.29. The van der Waals surface area contributed by atoms with Crippen LogP contribution in [0.4, 0.5) is 5.69 Å². The maximum atomic E-state index is 12.8. The third-order valence-corrected chi connectivity index (χ3v) is 7.26. The Labute approximate surface area is 170 Å². The third-order valence-electron chi connectivity index (χ3n) is 4.35. The zero-order valence-electron chi connectivity index (χ0n) is 14.6. The van der Waals surface area contributed by atoms with Gasteiger partial charge in [0.1, 0.15) is 5.75 Å². The highest BCUT2D eigenvalue weighted by Gasteiger charge is 2.35. The fourth-order valence-corrected chi connectivity index (χ4v) is 5.62. The lowest BCUT2D eigenvalue weighted by molar-refractivity contribution is -0.384. The number of nitro benzene ring substituents is 1. The van der Waals surface area contributed by atoms with Crippen LogP contribution in [0.2, 0.25) is 5.02 Å². The number of rotatable bonds is 7. The van der Waals surface area contributed by atoms with E-state index in [1.807, 2.05) is 17.5 Å². The second kappa shape index (κ2) is 8.46. The van der Waals surface area contributed by atoms with Crippen LogP contribution in [0.3, 0.4) is 0 Å². The van der Waals surface area contributed by atoms with Crippen LogP contribution in [-0.2, 0) is 21.2 Å². The summed E-state index contributed by atoms with van der Waals surface area (Å²) in [5.41, 5.74) is -0.181. The van der Waals surface area contributed by atoms with Crippen molar-refractivity contribution in [2.24, 2.45) is 0 Å². The molecule has 28 heavy (non-hydrogen) atoms. The number of ether oxygens (including phenoxy) is 1. The molecule has 1 atom stereocenters. The first-order valence-corrected chi connectivity index (χ1v) is 11.4. The van der Waals surface area contributed by atoms with Gasteiger partial charge in [0.2, 0.25) is 0 Å². The normalized spacial score (nSPS) is 18.0. The number of benzene rings is 1. The first-order valence-electron chi connectivity index (χ1n) is 8.34. The molecule has 0 spiro atoms. The summed E-state index contributed by atoms with van der Waals surface area (Å²) in [5, 5.41) is 12.7. The maximum Gasteiger partial charge on any atom is 0.271 e. The summed E-state index contributed by atoms with van der Waals surface area (Å²) in [6.07, 6.45) is 0.387. The van der Waals surface area contributed by atoms with Gasteiger partial charge >= 0.3 is 0 Å². The summed E-state index contributed by atoms with van der Waals surface area (Å²) in [5.74, 6) is -0.232. The topological polar surface area (TPSA) is 107 Å². The summed E-state index contributed by atoms with van der Waals surface area (Å²) in [4.78, 5) is 25.4. The van der Waals surface area contributed by atoms with E-state index in [0.29, 0.717) is 13.0 Å². The standard InChI is InChI=1S/C17H17ClN2O6S2/c18-15-8-12(20(22)23)3-4-16(15)26-10-17(21)19(9-14-2-1-6-27-14)13-5-7-28(24,25)11-13/h1-4,6,8,13H,5,7,9-11H2. The Balaban J connectivity index is 1.71. The average Bonchev–Trinajstić information content (AvgIpc) is 3.27. The van der Waals surface area contributed by atoms with Crippen LogP contribution in [0, 0.1) is 10.1 Å². The number of hydrogen-bond donors (Lipinski definition) is 0. The quantitative estimate of drug-likeness (QED) is 0.480. The van der Waals surface area contributed by atoms with Crippen LogP contribution in [0.1, 0.15) is 11.3 Å². The summed E-state index contributed by atoms with van der Waals surface area (Å²) < 4.78 is 29.1. The Morgan fingerprint density at radius 2 is 2.18 bits per heavy atom. The number of thiophene rings is 1. The van der Waals surface area contributed by atoms with E-state index in [1.165, 1.54) is 28.4 Å². The van der Waals surface area contributed by atoms with Gasteiger partial charge in [-0.1, -0.05) is 17.7 Å². The van der Waals surface area contributed by atoms with Crippen molar-refractivity contribution in [3.8, 4) is 5.75 Å². The molecule has 1 aromatic carbocycles. The Bertz CT molecular complexity index is 978. The molecule has 1 saturated heterocycles. The monoisotopic (exact) mass is 444 g/mol. The molecular formula is C17H17ClN2O6S2. The van der Waals surface area contributed by atoms with Gasteiger partial charge in [-0.3, -0.25) is 14.9 Å². The molecule has 150 valence electrons. The number of hydrogen-bond acceptors (Lipinski definition) is 7. The van der Waals surface area contributed by atoms with Crippen LogP contribution >= 0.6 is 22.9 Å².